The second-order valence-electron chi connectivity index (χ2n) is 4.05. The maximum absolute atomic E-state index is 9.02. The first-order valence-electron chi connectivity index (χ1n) is 5.57. The van der Waals surface area contributed by atoms with Gasteiger partial charge in [-0.2, -0.15) is 0 Å². The molecule has 0 fully saturated rings. The molecule has 1 unspecified atom stereocenters. The van der Waals surface area contributed by atoms with Crippen LogP contribution in [0, 0.1) is 17.2 Å². The molecular weight excluding hydrogens is 309 g/mol. The van der Waals surface area contributed by atoms with Gasteiger partial charge >= 0.3 is 119 Å². The van der Waals surface area contributed by atoms with Crippen molar-refractivity contribution in [3.63, 3.8) is 0 Å². The van der Waals surface area contributed by atoms with E-state index in [-0.39, 0.29) is 19.8 Å². The topological polar surface area (TPSA) is 23.8 Å². The van der Waals surface area contributed by atoms with Gasteiger partial charge in [-0.05, 0) is 0 Å². The van der Waals surface area contributed by atoms with E-state index in [1.54, 1.807) is 0 Å². The summed E-state index contributed by atoms with van der Waals surface area (Å²) < 4.78 is 0. The summed E-state index contributed by atoms with van der Waals surface area (Å²) in [6.45, 7) is 2.07. The molecule has 0 saturated carbocycles. The monoisotopic (exact) mass is 321 g/mol. The summed E-state index contributed by atoms with van der Waals surface area (Å²) in [6, 6.07) is 16.2. The van der Waals surface area contributed by atoms with Gasteiger partial charge in [-0.25, -0.2) is 0 Å². The summed E-state index contributed by atoms with van der Waals surface area (Å²) >= 11 is 5.79. The van der Waals surface area contributed by atoms with Gasteiger partial charge in [-0.15, -0.1) is 0 Å². The van der Waals surface area contributed by atoms with Crippen LogP contribution in [0.1, 0.15) is 21.5 Å². The van der Waals surface area contributed by atoms with E-state index in [0.717, 1.165) is 10.6 Å². The normalized spacial score (nSPS) is 11.8. The maximum atomic E-state index is 9.02. The van der Waals surface area contributed by atoms with Crippen LogP contribution in [0.4, 0.5) is 0 Å². The number of rotatable bonds is 3. The number of hydrogen-bond acceptors (Lipinski definition) is 1. The molecule has 0 N–H and O–H groups in total. The molecule has 0 spiro atoms. The molecule has 0 aliphatic carbocycles. The van der Waals surface area contributed by atoms with Gasteiger partial charge in [0.2, 0.25) is 0 Å². The summed E-state index contributed by atoms with van der Waals surface area (Å²) in [4.78, 5) is 2.50. The molecule has 0 heterocycles. The molecule has 2 aromatic carbocycles. The van der Waals surface area contributed by atoms with E-state index < -0.39 is 0 Å². The molecule has 1 nitrogen and oxygen atoms in total. The van der Waals surface area contributed by atoms with Crippen molar-refractivity contribution in [2.45, 2.75) is 11.7 Å². The third-order valence-corrected chi connectivity index (χ3v) is 4.83. The van der Waals surface area contributed by atoms with Gasteiger partial charge in [-0.1, -0.05) is 0 Å². The Morgan fingerprint density at radius 2 is 1.50 bits per heavy atom. The van der Waals surface area contributed by atoms with E-state index in [1.807, 2.05) is 24.3 Å². The fraction of sp³-hybridized carbons (Fsp3) is 0.133. The third kappa shape index (κ3) is 3.15. The first-order chi connectivity index (χ1) is 8.70. The molecule has 1 atom stereocenters. The molecule has 0 radical (unpaired) electrons. The summed E-state index contributed by atoms with van der Waals surface area (Å²) in [5, 5.41) is 9.75. The van der Waals surface area contributed by atoms with Crippen molar-refractivity contribution in [2.75, 3.05) is 0 Å². The van der Waals surface area contributed by atoms with Crippen LogP contribution in [0.3, 0.4) is 0 Å². The Hall–Kier alpha value is -1.26. The zero-order chi connectivity index (χ0) is 13.0. The Kier molecular flexibility index (Phi) is 4.44. The third-order valence-electron chi connectivity index (χ3n) is 2.72. The summed E-state index contributed by atoms with van der Waals surface area (Å²) in [6.07, 6.45) is 0. The fourth-order valence-corrected chi connectivity index (χ4v) is 3.34. The van der Waals surface area contributed by atoms with Crippen LogP contribution in [-0.4, -0.2) is 15.0 Å². The molecule has 90 valence electrons. The molecule has 0 amide bonds. The minimum atomic E-state index is -0.108. The average Bonchev–Trinajstić information content (AvgIpc) is 2.39. The van der Waals surface area contributed by atoms with Crippen molar-refractivity contribution in [3.05, 3.63) is 70.2 Å². The zero-order valence-electron chi connectivity index (χ0n) is 9.93. The Morgan fingerprint density at radius 3 is 2.00 bits per heavy atom. The van der Waals surface area contributed by atoms with Gasteiger partial charge < -0.3 is 0 Å². The predicted molar refractivity (Wildman–Crippen MR) is 75.8 cm³/mol. The van der Waals surface area contributed by atoms with E-state index in [0.29, 0.717) is 0 Å². The summed E-state index contributed by atoms with van der Waals surface area (Å²) in [5.41, 5.74) is 3.59. The van der Waals surface area contributed by atoms with Gasteiger partial charge in [-0.3, -0.25) is 0 Å². The van der Waals surface area contributed by atoms with Gasteiger partial charge in [0.1, 0.15) is 0 Å². The Balaban J connectivity index is 2.36. The van der Waals surface area contributed by atoms with Crippen LogP contribution >= 0.6 is 11.6 Å². The molecule has 2 aromatic rings. The second kappa shape index (κ2) is 6.07. The number of hydrogen-bond donors (Lipinski definition) is 0. The number of aryl methyl sites for hydroxylation is 1. The average molecular weight is 321 g/mol. The first kappa shape index (κ1) is 13.2. The van der Waals surface area contributed by atoms with Crippen LogP contribution in [0.15, 0.2) is 48.5 Å². The summed E-state index contributed by atoms with van der Waals surface area (Å²) in [7, 11) is 0. The van der Waals surface area contributed by atoms with E-state index in [9.17, 15) is 0 Å². The molecular formula is C15H12ClNSe. The fourth-order valence-electron chi connectivity index (χ4n) is 1.76. The van der Waals surface area contributed by atoms with Crippen LogP contribution in [-0.2, 0) is 0 Å². The van der Waals surface area contributed by atoms with Crippen LogP contribution < -0.4 is 0 Å². The molecule has 0 bridgehead atoms. The first-order valence-corrected chi connectivity index (χ1v) is 7.80. The predicted octanol–water partition coefficient (Wildman–Crippen LogP) is 3.92. The summed E-state index contributed by atoms with van der Waals surface area (Å²) in [5.74, 6) is 0. The van der Waals surface area contributed by atoms with Crippen LogP contribution in [0.5, 0.6) is 0 Å². The van der Waals surface area contributed by atoms with E-state index in [4.69, 9.17) is 16.9 Å². The molecule has 18 heavy (non-hydrogen) atoms. The number of benzene rings is 2. The SMILES string of the molecule is Cc1ccc(C([Se]C#N)c2ccc(Cl)cc2)cc1. The number of nitrogens with zero attached hydrogens (tertiary/aromatic N) is 1. The second-order valence-corrected chi connectivity index (χ2v) is 6.35. The van der Waals surface area contributed by atoms with Gasteiger partial charge in [0.25, 0.3) is 0 Å². The van der Waals surface area contributed by atoms with Crippen molar-refractivity contribution in [3.8, 4) is 4.97 Å². The molecule has 0 aliphatic heterocycles. The zero-order valence-corrected chi connectivity index (χ0v) is 12.4. The quantitative estimate of drug-likeness (QED) is 0.786. The standard InChI is InChI=1S/C15H12ClNSe/c1-11-2-4-12(5-3-11)15(18-10-17)13-6-8-14(16)9-7-13/h2-9,15H,1H3. The minimum absolute atomic E-state index is 0.108. The van der Waals surface area contributed by atoms with Gasteiger partial charge in [0.15, 0.2) is 0 Å². The van der Waals surface area contributed by atoms with Crippen molar-refractivity contribution in [2.24, 2.45) is 0 Å². The Morgan fingerprint density at radius 1 is 1.00 bits per heavy atom. The number of halogens is 1. The van der Waals surface area contributed by atoms with Crippen LogP contribution in [0.25, 0.3) is 0 Å². The molecule has 0 aliphatic rings. The van der Waals surface area contributed by atoms with Crippen LogP contribution in [0.2, 0.25) is 5.02 Å². The molecule has 2 rings (SSSR count). The van der Waals surface area contributed by atoms with E-state index in [2.05, 4.69) is 36.2 Å². The van der Waals surface area contributed by atoms with E-state index in [1.165, 1.54) is 11.1 Å². The molecule has 0 saturated heterocycles. The van der Waals surface area contributed by atoms with Crippen molar-refractivity contribution >= 4 is 26.6 Å². The van der Waals surface area contributed by atoms with Gasteiger partial charge in [0.05, 0.1) is 0 Å². The van der Waals surface area contributed by atoms with Crippen molar-refractivity contribution in [1.29, 1.82) is 5.26 Å². The molecule has 0 aromatic heterocycles. The van der Waals surface area contributed by atoms with Crippen molar-refractivity contribution in [1.82, 2.24) is 0 Å². The van der Waals surface area contributed by atoms with E-state index >= 15 is 0 Å². The molecule has 3 heteroatoms. The number of nitriles is 1. The Labute approximate surface area is 119 Å². The van der Waals surface area contributed by atoms with Gasteiger partial charge in [0, 0.05) is 0 Å². The Bertz CT molecular complexity index is 509. The van der Waals surface area contributed by atoms with Crippen molar-refractivity contribution < 1.29 is 0 Å².